The number of nitrogens with zero attached hydrogens (tertiary/aromatic N) is 1. The summed E-state index contributed by atoms with van der Waals surface area (Å²) in [5.41, 5.74) is -0.607. The highest BCUT2D eigenvalue weighted by Gasteiger charge is 2.15. The highest BCUT2D eigenvalue weighted by atomic mass is 16.6. The van der Waals surface area contributed by atoms with Gasteiger partial charge in [-0.2, -0.15) is 4.99 Å². The Bertz CT molecular complexity index is 227. The molecule has 5 nitrogen and oxygen atoms in total. The van der Waals surface area contributed by atoms with Gasteiger partial charge in [0.15, 0.2) is 0 Å². The van der Waals surface area contributed by atoms with Gasteiger partial charge in [0.1, 0.15) is 11.8 Å². The first kappa shape index (κ1) is 11.6. The van der Waals surface area contributed by atoms with Crippen LogP contribution in [0.25, 0.3) is 0 Å². The van der Waals surface area contributed by atoms with E-state index < -0.39 is 17.7 Å². The van der Waals surface area contributed by atoms with Crippen molar-refractivity contribution < 1.29 is 19.1 Å². The number of aliphatic imine (C=N–C) groups is 1. The van der Waals surface area contributed by atoms with Crippen molar-refractivity contribution in [3.8, 4) is 0 Å². The summed E-state index contributed by atoms with van der Waals surface area (Å²) in [6.07, 6.45) is -0.0356. The van der Waals surface area contributed by atoms with E-state index in [1.165, 1.54) is 7.11 Å². The molecule has 0 rings (SSSR count). The van der Waals surface area contributed by atoms with Gasteiger partial charge >= 0.3 is 12.1 Å². The largest absolute Gasteiger partial charge is 0.465 e. The Hall–Kier alpha value is -1.39. The highest BCUT2D eigenvalue weighted by Crippen LogP contribution is 2.07. The van der Waals surface area contributed by atoms with Crippen molar-refractivity contribution in [3.05, 3.63) is 0 Å². The first-order valence-corrected chi connectivity index (χ1v) is 3.70. The topological polar surface area (TPSA) is 65.0 Å². The molecule has 5 heteroatoms. The molecule has 0 heterocycles. The van der Waals surface area contributed by atoms with Crippen LogP contribution in [0, 0.1) is 0 Å². The van der Waals surface area contributed by atoms with Crippen molar-refractivity contribution in [2.24, 2.45) is 4.99 Å². The minimum atomic E-state index is -0.808. The summed E-state index contributed by atoms with van der Waals surface area (Å²) in [6, 6.07) is 0. The molecule has 0 aliphatic rings. The van der Waals surface area contributed by atoms with Gasteiger partial charge in [0.25, 0.3) is 0 Å². The molecule has 0 bridgehead atoms. The number of carbonyl (C=O) groups excluding carboxylic acids is 2. The second-order valence-electron chi connectivity index (χ2n) is 3.26. The lowest BCUT2D eigenvalue weighted by Gasteiger charge is -2.16. The minimum absolute atomic E-state index is 0.607. The fourth-order valence-electron chi connectivity index (χ4n) is 0.446. The van der Waals surface area contributed by atoms with E-state index in [-0.39, 0.29) is 0 Å². The van der Waals surface area contributed by atoms with Crippen LogP contribution in [0.5, 0.6) is 0 Å². The van der Waals surface area contributed by atoms with E-state index in [2.05, 4.69) is 9.73 Å². The van der Waals surface area contributed by atoms with E-state index in [1.807, 2.05) is 0 Å². The average Bonchev–Trinajstić information content (AvgIpc) is 1.97. The molecule has 0 aliphatic carbocycles. The van der Waals surface area contributed by atoms with Crippen molar-refractivity contribution in [1.82, 2.24) is 0 Å². The van der Waals surface area contributed by atoms with Gasteiger partial charge in [-0.25, -0.2) is 9.59 Å². The number of rotatable bonds is 1. The molecule has 0 radical (unpaired) electrons. The van der Waals surface area contributed by atoms with Crippen molar-refractivity contribution in [3.63, 3.8) is 0 Å². The molecule has 0 atom stereocenters. The maximum absolute atomic E-state index is 10.9. The predicted octanol–water partition coefficient (Wildman–Crippen LogP) is 1.17. The van der Waals surface area contributed by atoms with Gasteiger partial charge in [-0.1, -0.05) is 0 Å². The smallest absolute Gasteiger partial charge is 0.434 e. The Morgan fingerprint density at radius 2 is 1.85 bits per heavy atom. The normalized spacial score (nSPS) is 11.4. The van der Waals surface area contributed by atoms with Gasteiger partial charge in [0.05, 0.1) is 7.11 Å². The molecule has 0 unspecified atom stereocenters. The molecule has 0 aromatic carbocycles. The predicted molar refractivity (Wildman–Crippen MR) is 46.7 cm³/mol. The number of amides is 1. The zero-order chi connectivity index (χ0) is 10.5. The van der Waals surface area contributed by atoms with E-state index >= 15 is 0 Å². The molecule has 0 N–H and O–H groups in total. The van der Waals surface area contributed by atoms with Gasteiger partial charge < -0.3 is 9.47 Å². The fourth-order valence-corrected chi connectivity index (χ4v) is 0.446. The van der Waals surface area contributed by atoms with Crippen LogP contribution < -0.4 is 0 Å². The monoisotopic (exact) mass is 187 g/mol. The molecule has 74 valence electrons. The summed E-state index contributed by atoms with van der Waals surface area (Å²) >= 11 is 0. The van der Waals surface area contributed by atoms with Crippen LogP contribution in [0.15, 0.2) is 4.99 Å². The molecule has 0 aromatic rings. The molecular weight excluding hydrogens is 174 g/mol. The van der Waals surface area contributed by atoms with Gasteiger partial charge in [0, 0.05) is 0 Å². The molecule has 0 aromatic heterocycles. The summed E-state index contributed by atoms with van der Waals surface area (Å²) in [5.74, 6) is -0.689. The van der Waals surface area contributed by atoms with Crippen LogP contribution >= 0.6 is 0 Å². The molecule has 0 spiro atoms. The molecule has 0 fully saturated rings. The number of hydrogen-bond acceptors (Lipinski definition) is 4. The summed E-state index contributed by atoms with van der Waals surface area (Å²) in [4.78, 5) is 24.6. The fraction of sp³-hybridized carbons (Fsp3) is 0.625. The molecule has 0 saturated carbocycles. The lowest BCUT2D eigenvalue weighted by molar-refractivity contribution is -0.132. The average molecular weight is 187 g/mol. The van der Waals surface area contributed by atoms with Crippen LogP contribution in [0.4, 0.5) is 4.79 Å². The van der Waals surface area contributed by atoms with E-state index in [4.69, 9.17) is 4.74 Å². The molecule has 0 saturated heterocycles. The quantitative estimate of drug-likeness (QED) is 0.456. The Labute approximate surface area is 76.7 Å². The summed E-state index contributed by atoms with van der Waals surface area (Å²) in [6.45, 7) is 5.12. The van der Waals surface area contributed by atoms with Crippen molar-refractivity contribution >= 4 is 18.3 Å². The summed E-state index contributed by atoms with van der Waals surface area (Å²) < 4.78 is 9.02. The van der Waals surface area contributed by atoms with Crippen LogP contribution in [0.2, 0.25) is 0 Å². The van der Waals surface area contributed by atoms with Crippen LogP contribution in [-0.4, -0.2) is 31.0 Å². The Morgan fingerprint density at radius 1 is 1.31 bits per heavy atom. The number of ether oxygens (including phenoxy) is 2. The van der Waals surface area contributed by atoms with Crippen molar-refractivity contribution in [1.29, 1.82) is 0 Å². The molecule has 0 aliphatic heterocycles. The lowest BCUT2D eigenvalue weighted by atomic mass is 10.2. The van der Waals surface area contributed by atoms with E-state index in [0.29, 0.717) is 0 Å². The third-order valence-electron chi connectivity index (χ3n) is 0.870. The molecular formula is C8H13NO4. The maximum Gasteiger partial charge on any atom is 0.434 e. The third-order valence-corrected chi connectivity index (χ3v) is 0.870. The zero-order valence-electron chi connectivity index (χ0n) is 8.16. The first-order valence-electron chi connectivity index (χ1n) is 3.70. The highest BCUT2D eigenvalue weighted by molar-refractivity contribution is 6.24. The van der Waals surface area contributed by atoms with Crippen molar-refractivity contribution in [2.75, 3.05) is 7.11 Å². The molecule has 1 amide bonds. The van der Waals surface area contributed by atoms with E-state index in [0.717, 1.165) is 6.21 Å². The first-order chi connectivity index (χ1) is 5.85. The van der Waals surface area contributed by atoms with Crippen LogP contribution in [0.3, 0.4) is 0 Å². The second-order valence-corrected chi connectivity index (χ2v) is 3.26. The van der Waals surface area contributed by atoms with Crippen molar-refractivity contribution in [2.45, 2.75) is 26.4 Å². The van der Waals surface area contributed by atoms with Crippen LogP contribution in [0.1, 0.15) is 20.8 Å². The van der Waals surface area contributed by atoms with Crippen LogP contribution in [-0.2, 0) is 14.3 Å². The third kappa shape index (κ3) is 6.99. The van der Waals surface area contributed by atoms with Gasteiger partial charge in [-0.3, -0.25) is 0 Å². The SMILES string of the molecule is COC(=O)C=NC(=O)OC(C)(C)C. The number of esters is 1. The zero-order valence-corrected chi connectivity index (χ0v) is 8.16. The minimum Gasteiger partial charge on any atom is -0.465 e. The van der Waals surface area contributed by atoms with E-state index in [9.17, 15) is 9.59 Å². The number of hydrogen-bond donors (Lipinski definition) is 0. The van der Waals surface area contributed by atoms with Gasteiger partial charge in [0.2, 0.25) is 0 Å². The Morgan fingerprint density at radius 3 is 2.23 bits per heavy atom. The standard InChI is InChI=1S/C8H13NO4/c1-8(2,3)13-7(11)9-5-6(10)12-4/h5H,1-4H3. The Kier molecular flexibility index (Phi) is 4.10. The number of carbonyl (C=O) groups is 2. The van der Waals surface area contributed by atoms with E-state index in [1.54, 1.807) is 20.8 Å². The summed E-state index contributed by atoms with van der Waals surface area (Å²) in [7, 11) is 1.20. The second kappa shape index (κ2) is 4.59. The van der Waals surface area contributed by atoms with Gasteiger partial charge in [-0.15, -0.1) is 0 Å². The van der Waals surface area contributed by atoms with Gasteiger partial charge in [-0.05, 0) is 20.8 Å². The summed E-state index contributed by atoms with van der Waals surface area (Å²) in [5, 5.41) is 0. The Balaban J connectivity index is 4.02. The maximum atomic E-state index is 10.9. The molecule has 13 heavy (non-hydrogen) atoms. The lowest BCUT2D eigenvalue weighted by Crippen LogP contribution is -2.22. The number of methoxy groups -OCH3 is 1.